The second kappa shape index (κ2) is 6.44. The Labute approximate surface area is 125 Å². The molecule has 0 N–H and O–H groups in total. The molecule has 3 nitrogen and oxygen atoms in total. The predicted octanol–water partition coefficient (Wildman–Crippen LogP) is 3.51. The van der Waals surface area contributed by atoms with Gasteiger partial charge in [0.25, 0.3) is 0 Å². The number of hydrogen-bond donors (Lipinski definition) is 0. The lowest BCUT2D eigenvalue weighted by atomic mass is 9.97. The van der Waals surface area contributed by atoms with Gasteiger partial charge in [-0.1, -0.05) is 36.4 Å². The molecule has 0 bridgehead atoms. The van der Waals surface area contributed by atoms with Crippen LogP contribution in [0.15, 0.2) is 60.7 Å². The summed E-state index contributed by atoms with van der Waals surface area (Å²) in [5.74, 6) is 0.445. The Morgan fingerprint density at radius 1 is 1.00 bits per heavy atom. The number of hydrogen-bond acceptors (Lipinski definition) is 3. The van der Waals surface area contributed by atoms with Crippen LogP contribution >= 0.6 is 0 Å². The Hall–Kier alpha value is -2.29. The summed E-state index contributed by atoms with van der Waals surface area (Å²) in [4.78, 5) is 14.6. The maximum absolute atomic E-state index is 12.3. The molecule has 1 unspecified atom stereocenters. The van der Waals surface area contributed by atoms with Gasteiger partial charge in [-0.3, -0.25) is 4.79 Å². The molecule has 3 heteroatoms. The number of ether oxygens (including phenoxy) is 1. The van der Waals surface area contributed by atoms with Gasteiger partial charge >= 0.3 is 5.97 Å². The largest absolute Gasteiger partial charge is 0.426 e. The Balaban J connectivity index is 1.64. The van der Waals surface area contributed by atoms with E-state index in [0.717, 1.165) is 25.9 Å². The number of rotatable bonds is 3. The van der Waals surface area contributed by atoms with E-state index < -0.39 is 0 Å². The van der Waals surface area contributed by atoms with E-state index in [-0.39, 0.29) is 11.9 Å². The molecule has 1 saturated heterocycles. The lowest BCUT2D eigenvalue weighted by molar-refractivity contribution is -0.139. The highest BCUT2D eigenvalue weighted by atomic mass is 16.5. The van der Waals surface area contributed by atoms with Gasteiger partial charge in [-0.25, -0.2) is 0 Å². The molecule has 0 aromatic heterocycles. The van der Waals surface area contributed by atoms with Crippen LogP contribution < -0.4 is 9.64 Å². The Bertz CT molecular complexity index is 583. The van der Waals surface area contributed by atoms with Crippen molar-refractivity contribution >= 4 is 11.7 Å². The molecule has 21 heavy (non-hydrogen) atoms. The van der Waals surface area contributed by atoms with Crippen molar-refractivity contribution in [2.75, 3.05) is 18.0 Å². The summed E-state index contributed by atoms with van der Waals surface area (Å²) in [6.45, 7) is 1.73. The van der Waals surface area contributed by atoms with Crippen LogP contribution in [-0.4, -0.2) is 19.1 Å². The highest BCUT2D eigenvalue weighted by molar-refractivity contribution is 5.76. The van der Waals surface area contributed by atoms with Crippen molar-refractivity contribution in [1.82, 2.24) is 0 Å². The number of piperidine rings is 1. The first-order valence-corrected chi connectivity index (χ1v) is 7.39. The van der Waals surface area contributed by atoms with E-state index in [4.69, 9.17) is 4.74 Å². The molecule has 1 aliphatic rings. The number of para-hydroxylation sites is 2. The molecule has 0 aliphatic carbocycles. The number of carbonyl (C=O) groups is 1. The molecule has 0 spiro atoms. The molecule has 1 atom stereocenters. The van der Waals surface area contributed by atoms with Crippen LogP contribution in [0.2, 0.25) is 0 Å². The summed E-state index contributed by atoms with van der Waals surface area (Å²) in [6.07, 6.45) is 1.92. The third-order valence-corrected chi connectivity index (χ3v) is 3.84. The molecule has 3 rings (SSSR count). The first kappa shape index (κ1) is 13.7. The zero-order valence-electron chi connectivity index (χ0n) is 11.9. The maximum atomic E-state index is 12.3. The maximum Gasteiger partial charge on any atom is 0.316 e. The molecular formula is C18H19NO2. The van der Waals surface area contributed by atoms with E-state index in [0.29, 0.717) is 5.75 Å². The van der Waals surface area contributed by atoms with Crippen molar-refractivity contribution in [1.29, 1.82) is 0 Å². The fourth-order valence-electron chi connectivity index (χ4n) is 2.73. The predicted molar refractivity (Wildman–Crippen MR) is 83.5 cm³/mol. The fourth-order valence-corrected chi connectivity index (χ4v) is 2.73. The van der Waals surface area contributed by atoms with Gasteiger partial charge in [0, 0.05) is 18.8 Å². The second-order valence-electron chi connectivity index (χ2n) is 5.35. The van der Waals surface area contributed by atoms with Crippen molar-refractivity contribution < 1.29 is 9.53 Å². The SMILES string of the molecule is O=C(Oc1ccccc1)C1CCCN(c2ccccc2)C1. The van der Waals surface area contributed by atoms with Crippen molar-refractivity contribution in [3.05, 3.63) is 60.7 Å². The minimum atomic E-state index is -0.123. The van der Waals surface area contributed by atoms with Gasteiger partial charge in [0.1, 0.15) is 5.75 Å². The van der Waals surface area contributed by atoms with Crippen molar-refractivity contribution in [3.63, 3.8) is 0 Å². The van der Waals surface area contributed by atoms with Crippen molar-refractivity contribution in [2.24, 2.45) is 5.92 Å². The number of carbonyl (C=O) groups excluding carboxylic acids is 1. The zero-order chi connectivity index (χ0) is 14.5. The van der Waals surface area contributed by atoms with Gasteiger partial charge in [-0.15, -0.1) is 0 Å². The normalized spacial score (nSPS) is 18.3. The van der Waals surface area contributed by atoms with Crippen LogP contribution in [0.4, 0.5) is 5.69 Å². The number of benzene rings is 2. The highest BCUT2D eigenvalue weighted by Crippen LogP contribution is 2.24. The second-order valence-corrected chi connectivity index (χ2v) is 5.35. The topological polar surface area (TPSA) is 29.5 Å². The molecule has 108 valence electrons. The van der Waals surface area contributed by atoms with Gasteiger partial charge in [-0.2, -0.15) is 0 Å². The molecule has 1 heterocycles. The number of anilines is 1. The summed E-state index contributed by atoms with van der Waals surface area (Å²) in [5, 5.41) is 0. The average molecular weight is 281 g/mol. The van der Waals surface area contributed by atoms with Gasteiger partial charge < -0.3 is 9.64 Å². The van der Waals surface area contributed by atoms with Crippen LogP contribution in [-0.2, 0) is 4.79 Å². The van der Waals surface area contributed by atoms with Gasteiger partial charge in [-0.05, 0) is 37.1 Å². The first-order chi connectivity index (χ1) is 10.3. The van der Waals surface area contributed by atoms with Crippen LogP contribution in [0.5, 0.6) is 5.75 Å². The van der Waals surface area contributed by atoms with E-state index in [9.17, 15) is 4.79 Å². The van der Waals surface area contributed by atoms with Crippen LogP contribution in [0.25, 0.3) is 0 Å². The van der Waals surface area contributed by atoms with Crippen LogP contribution in [0.3, 0.4) is 0 Å². The minimum Gasteiger partial charge on any atom is -0.426 e. The third kappa shape index (κ3) is 3.43. The standard InChI is InChI=1S/C18H19NO2/c20-18(21-17-11-5-2-6-12-17)15-8-7-13-19(14-15)16-9-3-1-4-10-16/h1-6,9-12,15H,7-8,13-14H2. The average Bonchev–Trinajstić information content (AvgIpc) is 2.57. The van der Waals surface area contributed by atoms with Crippen LogP contribution in [0.1, 0.15) is 12.8 Å². The van der Waals surface area contributed by atoms with Gasteiger partial charge in [0.2, 0.25) is 0 Å². The Morgan fingerprint density at radius 2 is 1.67 bits per heavy atom. The van der Waals surface area contributed by atoms with E-state index in [2.05, 4.69) is 17.0 Å². The van der Waals surface area contributed by atoms with Crippen molar-refractivity contribution in [2.45, 2.75) is 12.8 Å². The molecule has 0 radical (unpaired) electrons. The van der Waals surface area contributed by atoms with Crippen LogP contribution in [0, 0.1) is 5.92 Å². The van der Waals surface area contributed by atoms with E-state index >= 15 is 0 Å². The molecule has 0 amide bonds. The Kier molecular flexibility index (Phi) is 4.20. The summed E-state index contributed by atoms with van der Waals surface area (Å²) < 4.78 is 5.47. The molecule has 2 aromatic carbocycles. The summed E-state index contributed by atoms with van der Waals surface area (Å²) >= 11 is 0. The quantitative estimate of drug-likeness (QED) is 0.637. The van der Waals surface area contributed by atoms with E-state index in [1.165, 1.54) is 5.69 Å². The van der Waals surface area contributed by atoms with E-state index in [1.54, 1.807) is 0 Å². The summed E-state index contributed by atoms with van der Waals surface area (Å²) in [5.41, 5.74) is 1.18. The smallest absolute Gasteiger partial charge is 0.316 e. The lowest BCUT2D eigenvalue weighted by Gasteiger charge is -2.33. The zero-order valence-corrected chi connectivity index (χ0v) is 11.9. The molecule has 1 fully saturated rings. The lowest BCUT2D eigenvalue weighted by Crippen LogP contribution is -2.40. The van der Waals surface area contributed by atoms with Gasteiger partial charge in [0.15, 0.2) is 0 Å². The number of esters is 1. The molecule has 1 aliphatic heterocycles. The molecule has 0 saturated carbocycles. The van der Waals surface area contributed by atoms with E-state index in [1.807, 2.05) is 48.5 Å². The summed E-state index contributed by atoms with van der Waals surface area (Å²) in [7, 11) is 0. The fraction of sp³-hybridized carbons (Fsp3) is 0.278. The summed E-state index contributed by atoms with van der Waals surface area (Å²) in [6, 6.07) is 19.5. The third-order valence-electron chi connectivity index (χ3n) is 3.84. The minimum absolute atomic E-state index is 0.0563. The Morgan fingerprint density at radius 3 is 2.38 bits per heavy atom. The number of nitrogens with zero attached hydrogens (tertiary/aromatic N) is 1. The monoisotopic (exact) mass is 281 g/mol. The molecule has 2 aromatic rings. The van der Waals surface area contributed by atoms with Crippen molar-refractivity contribution in [3.8, 4) is 5.75 Å². The first-order valence-electron chi connectivity index (χ1n) is 7.39. The molecular weight excluding hydrogens is 262 g/mol. The highest BCUT2D eigenvalue weighted by Gasteiger charge is 2.27. The van der Waals surface area contributed by atoms with Gasteiger partial charge in [0.05, 0.1) is 5.92 Å².